The van der Waals surface area contributed by atoms with Crippen LogP contribution in [0.4, 0.5) is 11.4 Å². The Bertz CT molecular complexity index is 1070. The van der Waals surface area contributed by atoms with Gasteiger partial charge in [0.2, 0.25) is 5.91 Å². The lowest BCUT2D eigenvalue weighted by Gasteiger charge is -2.34. The van der Waals surface area contributed by atoms with Gasteiger partial charge in [-0.15, -0.1) is 0 Å². The first-order chi connectivity index (χ1) is 15.6. The Balaban J connectivity index is 1.28. The molecule has 8 nitrogen and oxygen atoms in total. The molecule has 0 bridgehead atoms. The molecular formula is C24H24N4O4. The summed E-state index contributed by atoms with van der Waals surface area (Å²) in [4.78, 5) is 41.1. The minimum atomic E-state index is -0.373. The summed E-state index contributed by atoms with van der Waals surface area (Å²) >= 11 is 0. The first-order valence-corrected chi connectivity index (χ1v) is 10.4. The lowest BCUT2D eigenvalue weighted by atomic mass is 10.1. The Morgan fingerprint density at radius 3 is 2.28 bits per heavy atom. The highest BCUT2D eigenvalue weighted by Gasteiger charge is 2.23. The number of rotatable bonds is 6. The number of nitrogens with one attached hydrogen (secondary N) is 2. The summed E-state index contributed by atoms with van der Waals surface area (Å²) in [5, 5.41) is 5.61. The number of amides is 3. The number of piperazine rings is 1. The highest BCUT2D eigenvalue weighted by atomic mass is 16.3. The van der Waals surface area contributed by atoms with Crippen LogP contribution in [-0.2, 0) is 4.79 Å². The molecule has 1 saturated heterocycles. The Hall–Kier alpha value is -3.91. The third-order valence-corrected chi connectivity index (χ3v) is 5.20. The van der Waals surface area contributed by atoms with Crippen molar-refractivity contribution in [1.29, 1.82) is 0 Å². The van der Waals surface area contributed by atoms with E-state index in [1.165, 1.54) is 6.26 Å². The molecule has 32 heavy (non-hydrogen) atoms. The first-order valence-electron chi connectivity index (χ1n) is 10.4. The lowest BCUT2D eigenvalue weighted by Crippen LogP contribution is -2.50. The van der Waals surface area contributed by atoms with Gasteiger partial charge < -0.3 is 20.0 Å². The van der Waals surface area contributed by atoms with Crippen LogP contribution in [0.25, 0.3) is 0 Å². The van der Waals surface area contributed by atoms with Gasteiger partial charge in [-0.05, 0) is 42.5 Å². The molecule has 0 unspecified atom stereocenters. The standard InChI is InChI=1S/C24H24N4O4/c29-22(25-19-7-2-1-3-8-19)17-27-11-13-28(14-12-27)24(31)18-6-4-9-20(16-18)26-23(30)21-10-5-15-32-21/h1-10,15-16H,11-14,17H2,(H,25,29)(H,26,30). The molecule has 8 heteroatoms. The van der Waals surface area contributed by atoms with Gasteiger partial charge in [-0.1, -0.05) is 24.3 Å². The van der Waals surface area contributed by atoms with Crippen molar-refractivity contribution in [2.45, 2.75) is 0 Å². The maximum atomic E-state index is 12.9. The molecule has 3 aromatic rings. The summed E-state index contributed by atoms with van der Waals surface area (Å²) in [6, 6.07) is 19.4. The monoisotopic (exact) mass is 432 g/mol. The van der Waals surface area contributed by atoms with E-state index >= 15 is 0 Å². The van der Waals surface area contributed by atoms with Crippen LogP contribution in [0.3, 0.4) is 0 Å². The molecular weight excluding hydrogens is 408 g/mol. The van der Waals surface area contributed by atoms with Crippen LogP contribution in [0.5, 0.6) is 0 Å². The maximum absolute atomic E-state index is 12.9. The number of carbonyl (C=O) groups excluding carboxylic acids is 3. The van der Waals surface area contributed by atoms with E-state index in [2.05, 4.69) is 10.6 Å². The summed E-state index contributed by atoms with van der Waals surface area (Å²) in [7, 11) is 0. The van der Waals surface area contributed by atoms with Crippen molar-refractivity contribution in [3.8, 4) is 0 Å². The van der Waals surface area contributed by atoms with Crippen molar-refractivity contribution in [3.05, 3.63) is 84.3 Å². The van der Waals surface area contributed by atoms with Gasteiger partial charge in [-0.2, -0.15) is 0 Å². The zero-order chi connectivity index (χ0) is 22.3. The second-order valence-corrected chi connectivity index (χ2v) is 7.49. The van der Waals surface area contributed by atoms with E-state index in [1.807, 2.05) is 35.2 Å². The lowest BCUT2D eigenvalue weighted by molar-refractivity contribution is -0.117. The quantitative estimate of drug-likeness (QED) is 0.625. The zero-order valence-electron chi connectivity index (χ0n) is 17.5. The number of benzene rings is 2. The highest BCUT2D eigenvalue weighted by Crippen LogP contribution is 2.16. The Labute approximate surface area is 185 Å². The molecule has 0 atom stereocenters. The van der Waals surface area contributed by atoms with Crippen LogP contribution in [0.2, 0.25) is 0 Å². The van der Waals surface area contributed by atoms with Crippen LogP contribution < -0.4 is 10.6 Å². The smallest absolute Gasteiger partial charge is 0.291 e. The third kappa shape index (κ3) is 5.41. The largest absolute Gasteiger partial charge is 0.459 e. The number of para-hydroxylation sites is 1. The Morgan fingerprint density at radius 2 is 1.56 bits per heavy atom. The number of hydrogen-bond donors (Lipinski definition) is 2. The van der Waals surface area contributed by atoms with E-state index in [1.54, 1.807) is 41.3 Å². The van der Waals surface area contributed by atoms with Gasteiger partial charge in [0.15, 0.2) is 5.76 Å². The molecule has 0 spiro atoms. The van der Waals surface area contributed by atoms with Crippen LogP contribution in [0, 0.1) is 0 Å². The van der Waals surface area contributed by atoms with E-state index in [4.69, 9.17) is 4.42 Å². The molecule has 1 aliphatic rings. The second-order valence-electron chi connectivity index (χ2n) is 7.49. The molecule has 0 radical (unpaired) electrons. The van der Waals surface area contributed by atoms with Gasteiger partial charge in [0.05, 0.1) is 12.8 Å². The predicted molar refractivity (Wildman–Crippen MR) is 121 cm³/mol. The Kier molecular flexibility index (Phi) is 6.62. The van der Waals surface area contributed by atoms with Crippen molar-refractivity contribution in [1.82, 2.24) is 9.80 Å². The first kappa shape index (κ1) is 21.3. The molecule has 0 aliphatic carbocycles. The van der Waals surface area contributed by atoms with Crippen LogP contribution in [0.1, 0.15) is 20.9 Å². The van der Waals surface area contributed by atoms with Crippen LogP contribution in [-0.4, -0.2) is 60.2 Å². The zero-order valence-corrected chi connectivity index (χ0v) is 17.5. The molecule has 2 aromatic carbocycles. The van der Waals surface area contributed by atoms with E-state index in [0.29, 0.717) is 37.4 Å². The molecule has 2 N–H and O–H groups in total. The highest BCUT2D eigenvalue weighted by molar-refractivity contribution is 6.03. The summed E-state index contributed by atoms with van der Waals surface area (Å²) in [6.45, 7) is 2.57. The fraction of sp³-hybridized carbons (Fsp3) is 0.208. The molecule has 0 saturated carbocycles. The summed E-state index contributed by atoms with van der Waals surface area (Å²) in [5.74, 6) is -0.348. The second kappa shape index (κ2) is 9.93. The van der Waals surface area contributed by atoms with Crippen LogP contribution >= 0.6 is 0 Å². The number of hydrogen-bond acceptors (Lipinski definition) is 5. The topological polar surface area (TPSA) is 94.9 Å². The Morgan fingerprint density at radius 1 is 0.812 bits per heavy atom. The van der Waals surface area contributed by atoms with E-state index < -0.39 is 0 Å². The molecule has 1 fully saturated rings. The molecule has 2 heterocycles. The number of anilines is 2. The number of carbonyl (C=O) groups is 3. The van der Waals surface area contributed by atoms with Gasteiger partial charge in [-0.3, -0.25) is 19.3 Å². The van der Waals surface area contributed by atoms with Crippen LogP contribution in [0.15, 0.2) is 77.4 Å². The minimum absolute atomic E-state index is 0.0732. The fourth-order valence-corrected chi connectivity index (χ4v) is 3.55. The summed E-state index contributed by atoms with van der Waals surface area (Å²) in [5.41, 5.74) is 1.79. The molecule has 3 amide bonds. The van der Waals surface area contributed by atoms with E-state index in [0.717, 1.165) is 5.69 Å². The summed E-state index contributed by atoms with van der Waals surface area (Å²) < 4.78 is 5.09. The molecule has 164 valence electrons. The van der Waals surface area contributed by atoms with Crippen molar-refractivity contribution >= 4 is 29.1 Å². The third-order valence-electron chi connectivity index (χ3n) is 5.20. The molecule has 1 aromatic heterocycles. The SMILES string of the molecule is O=C(CN1CCN(C(=O)c2cccc(NC(=O)c3ccco3)c2)CC1)Nc1ccccc1. The maximum Gasteiger partial charge on any atom is 0.291 e. The van der Waals surface area contributed by atoms with Gasteiger partial charge in [0.1, 0.15) is 0 Å². The predicted octanol–water partition coefficient (Wildman–Crippen LogP) is 2.93. The summed E-state index contributed by atoms with van der Waals surface area (Å²) in [6.07, 6.45) is 1.43. The van der Waals surface area contributed by atoms with Gasteiger partial charge in [0, 0.05) is 43.1 Å². The average Bonchev–Trinajstić information content (AvgIpc) is 3.35. The van der Waals surface area contributed by atoms with Crippen molar-refractivity contribution in [2.24, 2.45) is 0 Å². The molecule has 1 aliphatic heterocycles. The van der Waals surface area contributed by atoms with Crippen molar-refractivity contribution < 1.29 is 18.8 Å². The van der Waals surface area contributed by atoms with E-state index in [9.17, 15) is 14.4 Å². The average molecular weight is 432 g/mol. The number of nitrogens with zero attached hydrogens (tertiary/aromatic N) is 2. The van der Waals surface area contributed by atoms with Gasteiger partial charge >= 0.3 is 0 Å². The minimum Gasteiger partial charge on any atom is -0.459 e. The van der Waals surface area contributed by atoms with Gasteiger partial charge in [-0.25, -0.2) is 0 Å². The van der Waals surface area contributed by atoms with E-state index in [-0.39, 0.29) is 30.0 Å². The normalized spacial score (nSPS) is 14.1. The van der Waals surface area contributed by atoms with Gasteiger partial charge in [0.25, 0.3) is 11.8 Å². The fourth-order valence-electron chi connectivity index (χ4n) is 3.55. The van der Waals surface area contributed by atoms with Crippen molar-refractivity contribution in [2.75, 3.05) is 43.4 Å². The molecule has 4 rings (SSSR count). The van der Waals surface area contributed by atoms with Crippen molar-refractivity contribution in [3.63, 3.8) is 0 Å². The number of furan rings is 1.